The number of fused-ring (bicyclic) bond motifs is 1. The zero-order valence-electron chi connectivity index (χ0n) is 8.59. The van der Waals surface area contributed by atoms with Crippen molar-refractivity contribution < 1.29 is 4.79 Å². The van der Waals surface area contributed by atoms with Gasteiger partial charge in [0.2, 0.25) is 5.91 Å². The first-order valence-electron chi connectivity index (χ1n) is 5.05. The third kappa shape index (κ3) is 1.92. The Morgan fingerprint density at radius 1 is 1.53 bits per heavy atom. The number of nitrogens with one attached hydrogen (secondary N) is 1. The predicted molar refractivity (Wildman–Crippen MR) is 62.6 cm³/mol. The molecule has 0 fully saturated rings. The first-order valence-corrected chi connectivity index (χ1v) is 5.43. The van der Waals surface area contributed by atoms with Crippen molar-refractivity contribution in [3.63, 3.8) is 0 Å². The number of para-hydroxylation sites is 1. The van der Waals surface area contributed by atoms with Crippen LogP contribution in [0.2, 0.25) is 5.02 Å². The summed E-state index contributed by atoms with van der Waals surface area (Å²) in [6.07, 6.45) is 1.01. The number of halogens is 1. The van der Waals surface area contributed by atoms with E-state index in [1.54, 1.807) is 6.07 Å². The largest absolute Gasteiger partial charge is 0.360 e. The molecule has 0 spiro atoms. The molecule has 0 bridgehead atoms. The fourth-order valence-electron chi connectivity index (χ4n) is 1.81. The highest BCUT2D eigenvalue weighted by molar-refractivity contribution is 6.34. The molecule has 1 aromatic carbocycles. The SMILES string of the molecule is CCCN1CC(=O)Nc2c(Cl)cccc21. The number of amides is 1. The van der Waals surface area contributed by atoms with Crippen molar-refractivity contribution in [2.45, 2.75) is 13.3 Å². The molecule has 1 N–H and O–H groups in total. The van der Waals surface area contributed by atoms with Gasteiger partial charge >= 0.3 is 0 Å². The van der Waals surface area contributed by atoms with Crippen molar-refractivity contribution in [3.05, 3.63) is 23.2 Å². The summed E-state index contributed by atoms with van der Waals surface area (Å²) >= 11 is 6.03. The molecule has 0 atom stereocenters. The van der Waals surface area contributed by atoms with Crippen LogP contribution >= 0.6 is 11.6 Å². The minimum Gasteiger partial charge on any atom is -0.360 e. The van der Waals surface area contributed by atoms with E-state index in [4.69, 9.17) is 11.6 Å². The molecular weight excluding hydrogens is 212 g/mol. The van der Waals surface area contributed by atoms with E-state index in [2.05, 4.69) is 17.1 Å². The average molecular weight is 225 g/mol. The maximum absolute atomic E-state index is 11.5. The molecule has 0 saturated carbocycles. The average Bonchev–Trinajstić information content (AvgIpc) is 2.20. The Labute approximate surface area is 94.0 Å². The van der Waals surface area contributed by atoms with Gasteiger partial charge < -0.3 is 10.2 Å². The van der Waals surface area contributed by atoms with Crippen LogP contribution in [0.5, 0.6) is 0 Å². The van der Waals surface area contributed by atoms with Gasteiger partial charge in [-0.15, -0.1) is 0 Å². The number of carbonyl (C=O) groups excluding carboxylic acids is 1. The van der Waals surface area contributed by atoms with Crippen LogP contribution in [-0.4, -0.2) is 19.0 Å². The first-order chi connectivity index (χ1) is 7.22. The second-order valence-electron chi connectivity index (χ2n) is 3.60. The summed E-state index contributed by atoms with van der Waals surface area (Å²) in [5, 5.41) is 3.40. The molecule has 2 rings (SSSR count). The molecule has 15 heavy (non-hydrogen) atoms. The Bertz CT molecular complexity index is 392. The fourth-order valence-corrected chi connectivity index (χ4v) is 2.02. The number of nitrogens with zero attached hydrogens (tertiary/aromatic N) is 1. The maximum atomic E-state index is 11.5. The number of hydrogen-bond acceptors (Lipinski definition) is 2. The zero-order valence-corrected chi connectivity index (χ0v) is 9.34. The Morgan fingerprint density at radius 2 is 2.33 bits per heavy atom. The first kappa shape index (κ1) is 10.3. The molecule has 4 heteroatoms. The van der Waals surface area contributed by atoms with Crippen LogP contribution in [0.25, 0.3) is 0 Å². The molecule has 1 heterocycles. The summed E-state index contributed by atoms with van der Waals surface area (Å²) in [5.74, 6) is 0.00375. The van der Waals surface area contributed by atoms with Crippen LogP contribution in [0.4, 0.5) is 11.4 Å². The van der Waals surface area contributed by atoms with Gasteiger partial charge in [-0.2, -0.15) is 0 Å². The van der Waals surface area contributed by atoms with Crippen molar-refractivity contribution in [2.75, 3.05) is 23.3 Å². The molecular formula is C11H13ClN2O. The minimum absolute atomic E-state index is 0.00375. The molecule has 80 valence electrons. The molecule has 1 aromatic rings. The molecule has 0 aromatic heterocycles. The van der Waals surface area contributed by atoms with Crippen LogP contribution in [0, 0.1) is 0 Å². The van der Waals surface area contributed by atoms with Crippen molar-refractivity contribution in [2.24, 2.45) is 0 Å². The molecule has 3 nitrogen and oxygen atoms in total. The topological polar surface area (TPSA) is 32.3 Å². The smallest absolute Gasteiger partial charge is 0.243 e. The van der Waals surface area contributed by atoms with E-state index in [0.717, 1.165) is 24.3 Å². The number of rotatable bonds is 2. The van der Waals surface area contributed by atoms with Gasteiger partial charge in [-0.05, 0) is 18.6 Å². The van der Waals surface area contributed by atoms with E-state index in [1.165, 1.54) is 0 Å². The van der Waals surface area contributed by atoms with E-state index in [1.807, 2.05) is 12.1 Å². The normalized spacial score (nSPS) is 14.8. The number of hydrogen-bond donors (Lipinski definition) is 1. The van der Waals surface area contributed by atoms with Gasteiger partial charge in [0.15, 0.2) is 0 Å². The Morgan fingerprint density at radius 3 is 3.07 bits per heavy atom. The lowest BCUT2D eigenvalue weighted by molar-refractivity contribution is -0.115. The molecule has 1 amide bonds. The summed E-state index contributed by atoms with van der Waals surface area (Å²) in [6.45, 7) is 3.39. The van der Waals surface area contributed by atoms with E-state index < -0.39 is 0 Å². The third-order valence-corrected chi connectivity index (χ3v) is 2.74. The van der Waals surface area contributed by atoms with Gasteiger partial charge in [-0.1, -0.05) is 24.6 Å². The van der Waals surface area contributed by atoms with Gasteiger partial charge in [0, 0.05) is 6.54 Å². The van der Waals surface area contributed by atoms with E-state index in [9.17, 15) is 4.79 Å². The predicted octanol–water partition coefficient (Wildman–Crippen LogP) is 2.51. The Kier molecular flexibility index (Phi) is 2.82. The van der Waals surface area contributed by atoms with Crippen molar-refractivity contribution in [1.82, 2.24) is 0 Å². The lowest BCUT2D eigenvalue weighted by Gasteiger charge is -2.31. The third-order valence-electron chi connectivity index (χ3n) is 2.42. The van der Waals surface area contributed by atoms with Crippen LogP contribution in [0.3, 0.4) is 0 Å². The van der Waals surface area contributed by atoms with Gasteiger partial charge in [-0.25, -0.2) is 0 Å². The van der Waals surface area contributed by atoms with Crippen LogP contribution in [-0.2, 0) is 4.79 Å². The van der Waals surface area contributed by atoms with Gasteiger partial charge in [0.1, 0.15) is 0 Å². The molecule has 0 radical (unpaired) electrons. The van der Waals surface area contributed by atoms with E-state index >= 15 is 0 Å². The molecule has 0 saturated heterocycles. The second kappa shape index (κ2) is 4.11. The summed E-state index contributed by atoms with van der Waals surface area (Å²) < 4.78 is 0. The summed E-state index contributed by atoms with van der Waals surface area (Å²) in [7, 11) is 0. The molecule has 1 aliphatic heterocycles. The molecule has 0 unspecified atom stereocenters. The highest BCUT2D eigenvalue weighted by Gasteiger charge is 2.22. The highest BCUT2D eigenvalue weighted by Crippen LogP contribution is 2.35. The van der Waals surface area contributed by atoms with Crippen molar-refractivity contribution in [1.29, 1.82) is 0 Å². The van der Waals surface area contributed by atoms with Gasteiger partial charge in [0.05, 0.1) is 22.9 Å². The van der Waals surface area contributed by atoms with Gasteiger partial charge in [-0.3, -0.25) is 4.79 Å². The second-order valence-corrected chi connectivity index (χ2v) is 4.01. The minimum atomic E-state index is 0.00375. The quantitative estimate of drug-likeness (QED) is 0.837. The van der Waals surface area contributed by atoms with Crippen molar-refractivity contribution in [3.8, 4) is 0 Å². The van der Waals surface area contributed by atoms with Crippen molar-refractivity contribution >= 4 is 28.9 Å². The highest BCUT2D eigenvalue weighted by atomic mass is 35.5. The van der Waals surface area contributed by atoms with Gasteiger partial charge in [0.25, 0.3) is 0 Å². The lowest BCUT2D eigenvalue weighted by atomic mass is 10.2. The lowest BCUT2D eigenvalue weighted by Crippen LogP contribution is -2.38. The van der Waals surface area contributed by atoms with E-state index in [-0.39, 0.29) is 5.91 Å². The van der Waals surface area contributed by atoms with Crippen LogP contribution < -0.4 is 10.2 Å². The summed E-state index contributed by atoms with van der Waals surface area (Å²) in [4.78, 5) is 13.5. The Hall–Kier alpha value is -1.22. The number of anilines is 2. The number of benzene rings is 1. The number of carbonyl (C=O) groups is 1. The monoisotopic (exact) mass is 224 g/mol. The zero-order chi connectivity index (χ0) is 10.8. The van der Waals surface area contributed by atoms with Crippen LogP contribution in [0.1, 0.15) is 13.3 Å². The standard InChI is InChI=1S/C11H13ClN2O/c1-2-6-14-7-10(15)13-11-8(12)4-3-5-9(11)14/h3-5H,2,6-7H2,1H3,(H,13,15). The van der Waals surface area contributed by atoms with Crippen LogP contribution in [0.15, 0.2) is 18.2 Å². The fraction of sp³-hybridized carbons (Fsp3) is 0.364. The van der Waals surface area contributed by atoms with E-state index in [0.29, 0.717) is 11.6 Å². The Balaban J connectivity index is 2.41. The maximum Gasteiger partial charge on any atom is 0.243 e. The molecule has 1 aliphatic rings. The summed E-state index contributed by atoms with van der Waals surface area (Å²) in [5.41, 5.74) is 1.76. The molecule has 0 aliphatic carbocycles. The summed E-state index contributed by atoms with van der Waals surface area (Å²) in [6, 6.07) is 5.67.